The number of anilines is 2. The van der Waals surface area contributed by atoms with E-state index in [0.29, 0.717) is 17.2 Å². The zero-order valence-electron chi connectivity index (χ0n) is 6.00. The maximum absolute atomic E-state index is 5.57. The van der Waals surface area contributed by atoms with Gasteiger partial charge in [-0.25, -0.2) is 4.52 Å². The van der Waals surface area contributed by atoms with Gasteiger partial charge in [0.05, 0.1) is 0 Å². The molecule has 0 amide bonds. The minimum atomic E-state index is 0.429. The third-order valence-electron chi connectivity index (χ3n) is 1.59. The van der Waals surface area contributed by atoms with E-state index in [1.54, 1.807) is 4.52 Å². The molecule has 11 heavy (non-hydrogen) atoms. The van der Waals surface area contributed by atoms with Gasteiger partial charge in [-0.05, 0) is 6.92 Å². The van der Waals surface area contributed by atoms with E-state index >= 15 is 0 Å². The average Bonchev–Trinajstić information content (AvgIpc) is 2.43. The number of aromatic nitrogens is 4. The van der Waals surface area contributed by atoms with Crippen molar-refractivity contribution in [2.45, 2.75) is 6.92 Å². The molecule has 58 valence electrons. The summed E-state index contributed by atoms with van der Waals surface area (Å²) in [5, 5.41) is 10.4. The number of hydrogen-bond acceptors (Lipinski definition) is 4. The number of nitrogens with one attached hydrogen (secondary N) is 1. The number of fused-ring (bicyclic) bond motifs is 1. The van der Waals surface area contributed by atoms with Crippen LogP contribution >= 0.6 is 0 Å². The number of aromatic amines is 1. The molecule has 6 nitrogen and oxygen atoms in total. The summed E-state index contributed by atoms with van der Waals surface area (Å²) in [4.78, 5) is 0. The molecule has 0 unspecified atom stereocenters. The molecule has 0 aromatic carbocycles. The van der Waals surface area contributed by atoms with Gasteiger partial charge in [0.1, 0.15) is 17.3 Å². The Balaban J connectivity index is 2.93. The van der Waals surface area contributed by atoms with Crippen LogP contribution in [-0.4, -0.2) is 19.8 Å². The van der Waals surface area contributed by atoms with Crippen LogP contribution in [0.15, 0.2) is 0 Å². The molecule has 0 radical (unpaired) electrons. The van der Waals surface area contributed by atoms with E-state index in [1.165, 1.54) is 0 Å². The number of nitrogen functional groups attached to an aromatic ring is 2. The van der Waals surface area contributed by atoms with E-state index < -0.39 is 0 Å². The Hall–Kier alpha value is -1.72. The Morgan fingerprint density at radius 1 is 1.36 bits per heavy atom. The number of rotatable bonds is 0. The second kappa shape index (κ2) is 1.66. The van der Waals surface area contributed by atoms with Gasteiger partial charge in [0, 0.05) is 0 Å². The molecular weight excluding hydrogens is 144 g/mol. The van der Waals surface area contributed by atoms with Crippen molar-refractivity contribution in [2.75, 3.05) is 11.5 Å². The van der Waals surface area contributed by atoms with Gasteiger partial charge in [-0.15, -0.1) is 10.2 Å². The maximum Gasteiger partial charge on any atom is 0.202 e. The van der Waals surface area contributed by atoms with Crippen LogP contribution in [0.3, 0.4) is 0 Å². The molecule has 0 saturated heterocycles. The van der Waals surface area contributed by atoms with Gasteiger partial charge in [0.2, 0.25) is 5.65 Å². The first-order valence-corrected chi connectivity index (χ1v) is 3.15. The van der Waals surface area contributed by atoms with Crippen LogP contribution in [-0.2, 0) is 0 Å². The highest BCUT2D eigenvalue weighted by molar-refractivity contribution is 5.75. The van der Waals surface area contributed by atoms with Gasteiger partial charge in [-0.3, -0.25) is 5.10 Å². The summed E-state index contributed by atoms with van der Waals surface area (Å²) in [7, 11) is 0. The fourth-order valence-corrected chi connectivity index (χ4v) is 0.972. The summed E-state index contributed by atoms with van der Waals surface area (Å²) in [5.41, 5.74) is 12.1. The van der Waals surface area contributed by atoms with Crippen molar-refractivity contribution in [3.63, 3.8) is 0 Å². The SMILES string of the molecule is Cc1nnc2c(N)c(N)[nH]n12. The summed E-state index contributed by atoms with van der Waals surface area (Å²) >= 11 is 0. The van der Waals surface area contributed by atoms with E-state index in [4.69, 9.17) is 11.5 Å². The molecule has 0 saturated carbocycles. The third kappa shape index (κ3) is 0.603. The zero-order chi connectivity index (χ0) is 8.01. The van der Waals surface area contributed by atoms with Crippen LogP contribution in [0.4, 0.5) is 11.5 Å². The second-order valence-corrected chi connectivity index (χ2v) is 2.35. The molecule has 0 spiro atoms. The highest BCUT2D eigenvalue weighted by Crippen LogP contribution is 2.17. The van der Waals surface area contributed by atoms with E-state index in [1.807, 2.05) is 6.92 Å². The van der Waals surface area contributed by atoms with Gasteiger partial charge < -0.3 is 11.5 Å². The van der Waals surface area contributed by atoms with E-state index in [9.17, 15) is 0 Å². The molecule has 0 aliphatic carbocycles. The quantitative estimate of drug-likeness (QED) is 0.475. The molecule has 2 rings (SSSR count). The first-order chi connectivity index (χ1) is 5.20. The first-order valence-electron chi connectivity index (χ1n) is 3.15. The predicted molar refractivity (Wildman–Crippen MR) is 40.9 cm³/mol. The Morgan fingerprint density at radius 3 is 2.73 bits per heavy atom. The van der Waals surface area contributed by atoms with Gasteiger partial charge in [0.15, 0.2) is 0 Å². The van der Waals surface area contributed by atoms with Crippen molar-refractivity contribution >= 4 is 17.2 Å². The largest absolute Gasteiger partial charge is 0.393 e. The Bertz CT molecular complexity index is 396. The number of nitrogens with two attached hydrogens (primary N) is 2. The van der Waals surface area contributed by atoms with Crippen molar-refractivity contribution in [3.8, 4) is 0 Å². The zero-order valence-corrected chi connectivity index (χ0v) is 6.00. The molecule has 2 aromatic rings. The first kappa shape index (κ1) is 6.02. The molecule has 0 fully saturated rings. The van der Waals surface area contributed by atoms with Crippen molar-refractivity contribution in [3.05, 3.63) is 5.82 Å². The fraction of sp³-hybridized carbons (Fsp3) is 0.200. The molecule has 0 aliphatic rings. The summed E-state index contributed by atoms with van der Waals surface area (Å²) in [6, 6.07) is 0. The van der Waals surface area contributed by atoms with Crippen LogP contribution in [0.25, 0.3) is 5.65 Å². The normalized spacial score (nSPS) is 11.0. The number of nitrogens with zero attached hydrogens (tertiary/aromatic N) is 3. The molecular formula is C5H8N6. The maximum atomic E-state index is 5.57. The van der Waals surface area contributed by atoms with Gasteiger partial charge >= 0.3 is 0 Å². The number of hydrogen-bond donors (Lipinski definition) is 3. The average molecular weight is 152 g/mol. The second-order valence-electron chi connectivity index (χ2n) is 2.35. The fourth-order valence-electron chi connectivity index (χ4n) is 0.972. The molecule has 5 N–H and O–H groups in total. The lowest BCUT2D eigenvalue weighted by Crippen LogP contribution is -1.93. The monoisotopic (exact) mass is 152 g/mol. The molecule has 2 aromatic heterocycles. The van der Waals surface area contributed by atoms with Crippen LogP contribution in [0.5, 0.6) is 0 Å². The van der Waals surface area contributed by atoms with Gasteiger partial charge in [-0.2, -0.15) is 0 Å². The molecule has 0 bridgehead atoms. The molecule has 0 aliphatic heterocycles. The van der Waals surface area contributed by atoms with Gasteiger partial charge in [0.25, 0.3) is 0 Å². The smallest absolute Gasteiger partial charge is 0.202 e. The van der Waals surface area contributed by atoms with Crippen molar-refractivity contribution in [1.82, 2.24) is 19.8 Å². The standard InChI is InChI=1S/C5H8N6/c1-2-8-9-5-3(6)4(7)10-11(2)5/h10H,6-7H2,1H3. The third-order valence-corrected chi connectivity index (χ3v) is 1.59. The summed E-state index contributed by atoms with van der Waals surface area (Å²) in [6.07, 6.45) is 0. The predicted octanol–water partition coefficient (Wildman–Crippen LogP) is -0.470. The lowest BCUT2D eigenvalue weighted by Gasteiger charge is -1.84. The number of H-pyrrole nitrogens is 1. The Morgan fingerprint density at radius 2 is 2.09 bits per heavy atom. The van der Waals surface area contributed by atoms with Crippen LogP contribution in [0, 0.1) is 6.92 Å². The van der Waals surface area contributed by atoms with Crippen molar-refractivity contribution in [2.24, 2.45) is 0 Å². The number of aryl methyl sites for hydroxylation is 1. The summed E-state index contributed by atoms with van der Waals surface area (Å²) < 4.78 is 1.64. The minimum Gasteiger partial charge on any atom is -0.393 e. The molecule has 2 heterocycles. The van der Waals surface area contributed by atoms with Crippen molar-refractivity contribution < 1.29 is 0 Å². The molecule has 0 atom stereocenters. The highest BCUT2D eigenvalue weighted by Gasteiger charge is 2.09. The van der Waals surface area contributed by atoms with E-state index in [-0.39, 0.29) is 0 Å². The Kier molecular flexibility index (Phi) is 0.906. The summed E-state index contributed by atoms with van der Waals surface area (Å²) in [5.74, 6) is 1.17. The lowest BCUT2D eigenvalue weighted by molar-refractivity contribution is 0.899. The summed E-state index contributed by atoms with van der Waals surface area (Å²) in [6.45, 7) is 1.81. The molecule has 6 heteroatoms. The van der Waals surface area contributed by atoms with Crippen LogP contribution < -0.4 is 11.5 Å². The Labute approximate surface area is 62.2 Å². The van der Waals surface area contributed by atoms with E-state index in [2.05, 4.69) is 15.3 Å². The van der Waals surface area contributed by atoms with E-state index in [0.717, 1.165) is 5.82 Å². The van der Waals surface area contributed by atoms with Crippen molar-refractivity contribution in [1.29, 1.82) is 0 Å². The van der Waals surface area contributed by atoms with Gasteiger partial charge in [-0.1, -0.05) is 0 Å². The minimum absolute atomic E-state index is 0.429. The van der Waals surface area contributed by atoms with Crippen LogP contribution in [0.1, 0.15) is 5.82 Å². The topological polar surface area (TPSA) is 98.0 Å². The van der Waals surface area contributed by atoms with Crippen LogP contribution in [0.2, 0.25) is 0 Å². The highest BCUT2D eigenvalue weighted by atomic mass is 15.4. The lowest BCUT2D eigenvalue weighted by atomic mass is 10.5.